The third-order valence-corrected chi connectivity index (χ3v) is 3.57. The van der Waals surface area contributed by atoms with E-state index in [4.69, 9.17) is 0 Å². The van der Waals surface area contributed by atoms with Gasteiger partial charge in [-0.25, -0.2) is 0 Å². The van der Waals surface area contributed by atoms with Gasteiger partial charge in [0, 0.05) is 10.1 Å². The fourth-order valence-corrected chi connectivity index (χ4v) is 2.76. The maximum Gasteiger partial charge on any atom is 0.0707 e. The number of aliphatic hydroxyl groups is 1. The number of rotatable bonds is 3. The number of benzene rings is 1. The fraction of sp³-hybridized carbons (Fsp3) is 0.538. The van der Waals surface area contributed by atoms with Crippen molar-refractivity contribution >= 4 is 11.8 Å². The molecular weight excluding hydrogens is 204 g/mol. The maximum atomic E-state index is 10.1. The predicted octanol–water partition coefficient (Wildman–Crippen LogP) is 3.57. The van der Waals surface area contributed by atoms with Crippen molar-refractivity contribution in [2.75, 3.05) is 0 Å². The van der Waals surface area contributed by atoms with E-state index in [1.54, 1.807) is 11.8 Å². The monoisotopic (exact) mass is 224 g/mol. The molecule has 1 nitrogen and oxygen atoms in total. The predicted molar refractivity (Wildman–Crippen MR) is 67.2 cm³/mol. The van der Waals surface area contributed by atoms with E-state index in [2.05, 4.69) is 39.8 Å². The Labute approximate surface area is 96.9 Å². The molecule has 0 aromatic heterocycles. The molecule has 15 heavy (non-hydrogen) atoms. The van der Waals surface area contributed by atoms with Gasteiger partial charge in [-0.2, -0.15) is 0 Å². The third-order valence-electron chi connectivity index (χ3n) is 2.40. The van der Waals surface area contributed by atoms with Gasteiger partial charge in [0.25, 0.3) is 0 Å². The first kappa shape index (κ1) is 12.6. The maximum absolute atomic E-state index is 10.1. The number of hydrogen-bond acceptors (Lipinski definition) is 2. The number of thioether (sulfide) groups is 1. The molecule has 1 rings (SSSR count). The second-order valence-electron chi connectivity index (χ2n) is 4.95. The van der Waals surface area contributed by atoms with Gasteiger partial charge in [-0.3, -0.25) is 0 Å². The Morgan fingerprint density at radius 3 is 2.13 bits per heavy atom. The Morgan fingerprint density at radius 1 is 1.13 bits per heavy atom. The summed E-state index contributed by atoms with van der Waals surface area (Å²) in [6.45, 7) is 8.28. The van der Waals surface area contributed by atoms with Crippen LogP contribution in [0.3, 0.4) is 0 Å². The van der Waals surface area contributed by atoms with Crippen LogP contribution in [0, 0.1) is 5.41 Å². The highest BCUT2D eigenvalue weighted by Gasteiger charge is 2.27. The van der Waals surface area contributed by atoms with Crippen LogP contribution in [0.2, 0.25) is 0 Å². The summed E-state index contributed by atoms with van der Waals surface area (Å²) in [5.41, 5.74) is -0.0544. The minimum Gasteiger partial charge on any atom is -0.391 e. The molecule has 2 atom stereocenters. The van der Waals surface area contributed by atoms with E-state index in [1.165, 1.54) is 4.90 Å². The molecule has 1 aromatic carbocycles. The van der Waals surface area contributed by atoms with E-state index in [1.807, 2.05) is 18.2 Å². The summed E-state index contributed by atoms with van der Waals surface area (Å²) < 4.78 is 0. The molecule has 0 saturated carbocycles. The van der Waals surface area contributed by atoms with Gasteiger partial charge < -0.3 is 5.11 Å². The molecule has 0 radical (unpaired) electrons. The lowest BCUT2D eigenvalue weighted by Gasteiger charge is -2.30. The van der Waals surface area contributed by atoms with Crippen molar-refractivity contribution in [3.8, 4) is 0 Å². The van der Waals surface area contributed by atoms with Crippen LogP contribution in [0.25, 0.3) is 0 Å². The molecule has 0 aliphatic rings. The summed E-state index contributed by atoms with van der Waals surface area (Å²) in [7, 11) is 0. The Hall–Kier alpha value is -0.470. The van der Waals surface area contributed by atoms with Gasteiger partial charge in [0.1, 0.15) is 0 Å². The molecule has 1 N–H and O–H groups in total. The van der Waals surface area contributed by atoms with Crippen molar-refractivity contribution in [1.29, 1.82) is 0 Å². The van der Waals surface area contributed by atoms with Gasteiger partial charge in [0.05, 0.1) is 6.10 Å². The summed E-state index contributed by atoms with van der Waals surface area (Å²) in [5, 5.41) is 10.3. The van der Waals surface area contributed by atoms with Crippen LogP contribution in [-0.2, 0) is 0 Å². The highest BCUT2D eigenvalue weighted by atomic mass is 32.2. The number of hydrogen-bond donors (Lipinski definition) is 1. The SMILES string of the molecule is C[C@H](Sc1ccccc1)[C@@H](O)C(C)(C)C. The van der Waals surface area contributed by atoms with Crippen LogP contribution < -0.4 is 0 Å². The third kappa shape index (κ3) is 3.88. The summed E-state index contributed by atoms with van der Waals surface area (Å²) in [6.07, 6.45) is -0.289. The summed E-state index contributed by atoms with van der Waals surface area (Å²) in [5.74, 6) is 0. The summed E-state index contributed by atoms with van der Waals surface area (Å²) >= 11 is 1.73. The Kier molecular flexibility index (Phi) is 4.23. The lowest BCUT2D eigenvalue weighted by atomic mass is 9.87. The standard InChI is InChI=1S/C13H20OS/c1-10(12(14)13(2,3)4)15-11-8-6-5-7-9-11/h5-10,12,14H,1-4H3/t10-,12+/m0/s1. The lowest BCUT2D eigenvalue weighted by Crippen LogP contribution is -2.34. The Balaban J connectivity index is 2.60. The van der Waals surface area contributed by atoms with Crippen molar-refractivity contribution in [2.24, 2.45) is 5.41 Å². The zero-order chi connectivity index (χ0) is 11.5. The lowest BCUT2D eigenvalue weighted by molar-refractivity contribution is 0.0649. The van der Waals surface area contributed by atoms with Crippen LogP contribution >= 0.6 is 11.8 Å². The average Bonchev–Trinajstić information content (AvgIpc) is 2.16. The molecule has 1 aromatic rings. The van der Waals surface area contributed by atoms with E-state index >= 15 is 0 Å². The molecule has 0 saturated heterocycles. The first-order chi connectivity index (χ1) is 6.91. The second-order valence-corrected chi connectivity index (χ2v) is 6.40. The van der Waals surface area contributed by atoms with Gasteiger partial charge in [0.15, 0.2) is 0 Å². The first-order valence-electron chi connectivity index (χ1n) is 5.31. The minimum atomic E-state index is -0.289. The topological polar surface area (TPSA) is 20.2 Å². The minimum absolute atomic E-state index is 0.0544. The highest BCUT2D eigenvalue weighted by Crippen LogP contribution is 2.32. The van der Waals surface area contributed by atoms with Gasteiger partial charge in [0.2, 0.25) is 0 Å². The Morgan fingerprint density at radius 2 is 1.67 bits per heavy atom. The zero-order valence-corrected chi connectivity index (χ0v) is 10.7. The van der Waals surface area contributed by atoms with Crippen molar-refractivity contribution in [3.05, 3.63) is 30.3 Å². The summed E-state index contributed by atoms with van der Waals surface area (Å²) in [6, 6.07) is 10.2. The van der Waals surface area contributed by atoms with Crippen molar-refractivity contribution in [3.63, 3.8) is 0 Å². The van der Waals surface area contributed by atoms with E-state index in [9.17, 15) is 5.11 Å². The van der Waals surface area contributed by atoms with Gasteiger partial charge in [-0.05, 0) is 17.5 Å². The van der Waals surface area contributed by atoms with Crippen molar-refractivity contribution in [1.82, 2.24) is 0 Å². The van der Waals surface area contributed by atoms with E-state index in [0.29, 0.717) is 0 Å². The van der Waals surface area contributed by atoms with Crippen LogP contribution in [0.5, 0.6) is 0 Å². The van der Waals surface area contributed by atoms with Crippen LogP contribution in [0.1, 0.15) is 27.7 Å². The molecule has 0 aliphatic heterocycles. The molecule has 0 heterocycles. The fourth-order valence-electron chi connectivity index (χ4n) is 1.48. The Bertz CT molecular complexity index is 289. The molecule has 0 unspecified atom stereocenters. The molecule has 0 bridgehead atoms. The highest BCUT2D eigenvalue weighted by molar-refractivity contribution is 8.00. The first-order valence-corrected chi connectivity index (χ1v) is 6.19. The van der Waals surface area contributed by atoms with Crippen LogP contribution in [-0.4, -0.2) is 16.5 Å². The second kappa shape index (κ2) is 5.04. The van der Waals surface area contributed by atoms with Crippen molar-refractivity contribution in [2.45, 2.75) is 43.9 Å². The molecular formula is C13H20OS. The molecule has 2 heteroatoms. The molecule has 0 amide bonds. The van der Waals surface area contributed by atoms with Crippen LogP contribution in [0.15, 0.2) is 35.2 Å². The molecule has 0 fully saturated rings. The molecule has 0 aliphatic carbocycles. The van der Waals surface area contributed by atoms with E-state index in [-0.39, 0.29) is 16.8 Å². The van der Waals surface area contributed by atoms with Gasteiger partial charge in [-0.1, -0.05) is 45.9 Å². The summed E-state index contributed by atoms with van der Waals surface area (Å²) in [4.78, 5) is 1.22. The van der Waals surface area contributed by atoms with Crippen molar-refractivity contribution < 1.29 is 5.11 Å². The molecule has 84 valence electrons. The van der Waals surface area contributed by atoms with Gasteiger partial charge >= 0.3 is 0 Å². The average molecular weight is 224 g/mol. The van der Waals surface area contributed by atoms with E-state index < -0.39 is 0 Å². The van der Waals surface area contributed by atoms with E-state index in [0.717, 1.165) is 0 Å². The van der Waals surface area contributed by atoms with Crippen LogP contribution in [0.4, 0.5) is 0 Å². The zero-order valence-electron chi connectivity index (χ0n) is 9.90. The molecule has 0 spiro atoms. The quantitative estimate of drug-likeness (QED) is 0.792. The number of aliphatic hydroxyl groups excluding tert-OH is 1. The van der Waals surface area contributed by atoms with Gasteiger partial charge in [-0.15, -0.1) is 11.8 Å². The normalized spacial score (nSPS) is 16.1. The largest absolute Gasteiger partial charge is 0.391 e. The smallest absolute Gasteiger partial charge is 0.0707 e.